The first-order valence-corrected chi connectivity index (χ1v) is 16.1. The van der Waals surface area contributed by atoms with Crippen LogP contribution in [0.15, 0.2) is 64.3 Å². The quantitative estimate of drug-likeness (QED) is 0.206. The van der Waals surface area contributed by atoms with Gasteiger partial charge in [-0.3, -0.25) is 24.0 Å². The van der Waals surface area contributed by atoms with Crippen molar-refractivity contribution >= 4 is 57.7 Å². The van der Waals surface area contributed by atoms with Crippen molar-refractivity contribution in [3.05, 3.63) is 103 Å². The van der Waals surface area contributed by atoms with Crippen LogP contribution >= 0.6 is 35.6 Å². The molecule has 5 rings (SSSR count). The molecule has 3 heterocycles. The van der Waals surface area contributed by atoms with Crippen LogP contribution < -0.4 is 10.5 Å². The number of halogens is 1. The van der Waals surface area contributed by atoms with E-state index in [4.69, 9.17) is 23.8 Å². The van der Waals surface area contributed by atoms with Crippen LogP contribution in [0.3, 0.4) is 0 Å². The second kappa shape index (κ2) is 13.9. The number of aromatic nitrogens is 1. The fraction of sp³-hybridized carbons (Fsp3) is 0.333. The molecule has 2 aliphatic heterocycles. The van der Waals surface area contributed by atoms with E-state index in [2.05, 4.69) is 47.1 Å². The molecular weight excluding hydrogens is 598 g/mol. The molecule has 0 aliphatic carbocycles. The van der Waals surface area contributed by atoms with Crippen LogP contribution in [0.5, 0.6) is 0 Å². The lowest BCUT2D eigenvalue weighted by Gasteiger charge is -2.38. The van der Waals surface area contributed by atoms with E-state index in [0.717, 1.165) is 62.5 Å². The number of carbonyl (C=O) groups is 1. The third-order valence-electron chi connectivity index (χ3n) is 7.94. The number of piperazine rings is 1. The zero-order chi connectivity index (χ0) is 30.5. The van der Waals surface area contributed by atoms with E-state index in [1.807, 2.05) is 30.3 Å². The normalized spacial score (nSPS) is 16.7. The van der Waals surface area contributed by atoms with E-state index in [-0.39, 0.29) is 23.6 Å². The Morgan fingerprint density at radius 2 is 1.72 bits per heavy atom. The van der Waals surface area contributed by atoms with E-state index in [1.165, 1.54) is 17.3 Å². The number of anilines is 1. The Morgan fingerprint density at radius 1 is 1.02 bits per heavy atom. The number of thioether (sulfide) groups is 1. The lowest BCUT2D eigenvalue weighted by Crippen LogP contribution is -2.48. The van der Waals surface area contributed by atoms with E-state index in [1.54, 1.807) is 22.5 Å². The standard InChI is InChI=1S/C33H34ClN5O2S2/c1-3-4-14-38-30(37-17-15-36(16-18-37)21-24-10-6-5-7-11-24)26(23(2)27(20-35)31(38)40)19-29-32(41)39(33(42)43-29)22-25-12-8-9-13-28(25)34/h5-13,19H,3-4,14-18,21-22H2,1-2H3. The van der Waals surface area contributed by atoms with Crippen LogP contribution in [0, 0.1) is 18.3 Å². The average Bonchev–Trinajstić information content (AvgIpc) is 3.27. The number of nitriles is 1. The lowest BCUT2D eigenvalue weighted by molar-refractivity contribution is -0.122. The maximum absolute atomic E-state index is 13.7. The summed E-state index contributed by atoms with van der Waals surface area (Å²) in [6.45, 7) is 8.62. The van der Waals surface area contributed by atoms with Gasteiger partial charge < -0.3 is 4.90 Å². The molecule has 43 heavy (non-hydrogen) atoms. The highest BCUT2D eigenvalue weighted by Gasteiger charge is 2.34. The molecule has 1 amide bonds. The molecule has 0 spiro atoms. The summed E-state index contributed by atoms with van der Waals surface area (Å²) in [6, 6.07) is 20.0. The van der Waals surface area contributed by atoms with Gasteiger partial charge in [-0.2, -0.15) is 5.26 Å². The van der Waals surface area contributed by atoms with Gasteiger partial charge in [-0.05, 0) is 42.2 Å². The van der Waals surface area contributed by atoms with Crippen LogP contribution in [0.2, 0.25) is 5.02 Å². The molecule has 0 bridgehead atoms. The zero-order valence-corrected chi connectivity index (χ0v) is 26.8. The number of rotatable bonds is 9. The predicted octanol–water partition coefficient (Wildman–Crippen LogP) is 6.21. The molecule has 0 atom stereocenters. The smallest absolute Gasteiger partial charge is 0.270 e. The van der Waals surface area contributed by atoms with E-state index in [9.17, 15) is 14.9 Å². The summed E-state index contributed by atoms with van der Waals surface area (Å²) in [6.07, 6.45) is 3.53. The van der Waals surface area contributed by atoms with Gasteiger partial charge in [0.25, 0.3) is 11.5 Å². The molecule has 0 radical (unpaired) electrons. The van der Waals surface area contributed by atoms with Crippen molar-refractivity contribution in [1.82, 2.24) is 14.4 Å². The summed E-state index contributed by atoms with van der Waals surface area (Å²) in [5.41, 5.74) is 3.22. The number of hydrogen-bond donors (Lipinski definition) is 0. The van der Waals surface area contributed by atoms with Crippen LogP contribution in [0.25, 0.3) is 6.08 Å². The van der Waals surface area contributed by atoms with Crippen molar-refractivity contribution in [2.24, 2.45) is 0 Å². The van der Waals surface area contributed by atoms with Gasteiger partial charge in [-0.25, -0.2) is 0 Å². The largest absolute Gasteiger partial charge is 0.355 e. The molecule has 2 aliphatic rings. The van der Waals surface area contributed by atoms with Crippen molar-refractivity contribution in [2.45, 2.75) is 46.3 Å². The minimum atomic E-state index is -0.279. The van der Waals surface area contributed by atoms with Crippen molar-refractivity contribution in [3.63, 3.8) is 0 Å². The number of benzene rings is 2. The number of pyridine rings is 1. The number of carbonyl (C=O) groups excluding carboxylic acids is 1. The Bertz CT molecular complexity index is 1660. The maximum Gasteiger partial charge on any atom is 0.270 e. The highest BCUT2D eigenvalue weighted by atomic mass is 35.5. The summed E-state index contributed by atoms with van der Waals surface area (Å²) >= 11 is 13.2. The highest BCUT2D eigenvalue weighted by molar-refractivity contribution is 8.26. The maximum atomic E-state index is 13.7. The Hall–Kier alpha value is -3.42. The van der Waals surface area contributed by atoms with E-state index in [0.29, 0.717) is 26.4 Å². The molecule has 2 aromatic carbocycles. The first kappa shape index (κ1) is 31.0. The molecule has 222 valence electrons. The number of thiocarbonyl (C=S) groups is 1. The van der Waals surface area contributed by atoms with Crippen LogP contribution in [-0.4, -0.2) is 50.8 Å². The molecule has 1 aromatic heterocycles. The summed E-state index contributed by atoms with van der Waals surface area (Å²) in [4.78, 5) is 34.0. The Morgan fingerprint density at radius 3 is 2.40 bits per heavy atom. The fourth-order valence-corrected chi connectivity index (χ4v) is 6.96. The molecule has 2 fully saturated rings. The third-order valence-corrected chi connectivity index (χ3v) is 9.68. The first-order valence-electron chi connectivity index (χ1n) is 14.5. The molecular formula is C33H34ClN5O2S2. The Labute approximate surface area is 267 Å². The molecule has 0 N–H and O–H groups in total. The van der Waals surface area contributed by atoms with Gasteiger partial charge in [0, 0.05) is 49.9 Å². The third kappa shape index (κ3) is 6.73. The van der Waals surface area contributed by atoms with Crippen LogP contribution in [0.1, 0.15) is 47.6 Å². The first-order chi connectivity index (χ1) is 20.8. The fourth-order valence-electron chi connectivity index (χ4n) is 5.53. The van der Waals surface area contributed by atoms with Gasteiger partial charge in [0.2, 0.25) is 0 Å². The Balaban J connectivity index is 1.51. The highest BCUT2D eigenvalue weighted by Crippen LogP contribution is 2.37. The zero-order valence-electron chi connectivity index (χ0n) is 24.4. The minimum absolute atomic E-state index is 0.111. The Kier molecular flexibility index (Phi) is 10.0. The lowest BCUT2D eigenvalue weighted by atomic mass is 10.0. The number of nitrogens with zero attached hydrogens (tertiary/aromatic N) is 5. The van der Waals surface area contributed by atoms with Crippen molar-refractivity contribution in [2.75, 3.05) is 31.1 Å². The molecule has 0 unspecified atom stereocenters. The topological polar surface area (TPSA) is 72.6 Å². The van der Waals surface area contributed by atoms with Gasteiger partial charge in [0.1, 0.15) is 21.8 Å². The summed E-state index contributed by atoms with van der Waals surface area (Å²) in [5, 5.41) is 10.6. The second-order valence-corrected chi connectivity index (χ2v) is 12.9. The molecule has 3 aromatic rings. The average molecular weight is 632 g/mol. The SMILES string of the molecule is CCCCn1c(N2CCN(Cc3ccccc3)CC2)c(C=C2SC(=S)N(Cc3ccccc3Cl)C2=O)c(C)c(C#N)c1=O. The molecule has 0 saturated carbocycles. The van der Waals surface area contributed by atoms with Gasteiger partial charge in [0.15, 0.2) is 0 Å². The van der Waals surface area contributed by atoms with Gasteiger partial charge >= 0.3 is 0 Å². The molecule has 7 nitrogen and oxygen atoms in total. The van der Waals surface area contributed by atoms with Gasteiger partial charge in [0.05, 0.1) is 11.4 Å². The summed E-state index contributed by atoms with van der Waals surface area (Å²) < 4.78 is 2.20. The van der Waals surface area contributed by atoms with Crippen LogP contribution in [-0.2, 0) is 24.4 Å². The van der Waals surface area contributed by atoms with Crippen molar-refractivity contribution in [1.29, 1.82) is 5.26 Å². The van der Waals surface area contributed by atoms with Crippen molar-refractivity contribution < 1.29 is 4.79 Å². The van der Waals surface area contributed by atoms with Gasteiger partial charge in [-0.15, -0.1) is 0 Å². The number of unbranched alkanes of at least 4 members (excludes halogenated alkanes) is 1. The second-order valence-electron chi connectivity index (χ2n) is 10.8. The van der Waals surface area contributed by atoms with Crippen molar-refractivity contribution in [3.8, 4) is 6.07 Å². The van der Waals surface area contributed by atoms with Gasteiger partial charge in [-0.1, -0.05) is 97.5 Å². The molecule has 10 heteroatoms. The number of hydrogen-bond acceptors (Lipinski definition) is 7. The predicted molar refractivity (Wildman–Crippen MR) is 179 cm³/mol. The molecule has 2 saturated heterocycles. The monoisotopic (exact) mass is 631 g/mol. The van der Waals surface area contributed by atoms with Crippen LogP contribution in [0.4, 0.5) is 5.82 Å². The van der Waals surface area contributed by atoms with E-state index >= 15 is 0 Å². The number of amides is 1. The van der Waals surface area contributed by atoms with E-state index < -0.39 is 0 Å². The minimum Gasteiger partial charge on any atom is -0.355 e. The summed E-state index contributed by atoms with van der Waals surface area (Å²) in [5.74, 6) is 0.559. The summed E-state index contributed by atoms with van der Waals surface area (Å²) in [7, 11) is 0.